The Balaban J connectivity index is 2.87. The lowest BCUT2D eigenvalue weighted by Crippen LogP contribution is -2.51. The molecule has 0 aliphatic heterocycles. The predicted molar refractivity (Wildman–Crippen MR) is 62.6 cm³/mol. The summed E-state index contributed by atoms with van der Waals surface area (Å²) >= 11 is 0. The molecule has 4 N–H and O–H groups in total. The van der Waals surface area contributed by atoms with Gasteiger partial charge in [0, 0.05) is 18.0 Å². The van der Waals surface area contributed by atoms with Crippen molar-refractivity contribution in [3.63, 3.8) is 0 Å². The molecule has 4 heteroatoms. The highest BCUT2D eigenvalue weighted by Gasteiger charge is 2.34. The van der Waals surface area contributed by atoms with Gasteiger partial charge in [0.05, 0.1) is 11.1 Å². The summed E-state index contributed by atoms with van der Waals surface area (Å²) in [7, 11) is 0. The summed E-state index contributed by atoms with van der Waals surface area (Å²) in [6, 6.07) is 3.57. The van der Waals surface area contributed by atoms with E-state index in [9.17, 15) is 5.11 Å². The molecule has 0 saturated heterocycles. The van der Waals surface area contributed by atoms with Crippen LogP contribution in [0.1, 0.15) is 27.7 Å². The van der Waals surface area contributed by atoms with Crippen molar-refractivity contribution in [1.82, 2.24) is 4.98 Å². The van der Waals surface area contributed by atoms with Gasteiger partial charge >= 0.3 is 0 Å². The van der Waals surface area contributed by atoms with Crippen molar-refractivity contribution in [2.24, 2.45) is 0 Å². The molecule has 0 unspecified atom stereocenters. The van der Waals surface area contributed by atoms with Gasteiger partial charge in [-0.2, -0.15) is 0 Å². The van der Waals surface area contributed by atoms with Gasteiger partial charge in [0.2, 0.25) is 0 Å². The van der Waals surface area contributed by atoms with Crippen molar-refractivity contribution in [3.8, 4) is 0 Å². The van der Waals surface area contributed by atoms with Crippen LogP contribution < -0.4 is 11.1 Å². The molecule has 0 atom stereocenters. The van der Waals surface area contributed by atoms with Gasteiger partial charge in [-0.3, -0.25) is 0 Å². The average molecular weight is 209 g/mol. The van der Waals surface area contributed by atoms with E-state index >= 15 is 0 Å². The van der Waals surface area contributed by atoms with E-state index in [1.54, 1.807) is 26.1 Å². The van der Waals surface area contributed by atoms with E-state index in [0.717, 1.165) is 5.69 Å². The van der Waals surface area contributed by atoms with E-state index < -0.39 is 11.1 Å². The third-order valence-corrected chi connectivity index (χ3v) is 2.77. The van der Waals surface area contributed by atoms with E-state index in [-0.39, 0.29) is 0 Å². The molecule has 0 aliphatic rings. The average Bonchev–Trinajstić information content (AvgIpc) is 2.00. The van der Waals surface area contributed by atoms with Gasteiger partial charge in [0.1, 0.15) is 5.82 Å². The monoisotopic (exact) mass is 209 g/mol. The van der Waals surface area contributed by atoms with Crippen LogP contribution in [0.2, 0.25) is 0 Å². The van der Waals surface area contributed by atoms with Gasteiger partial charge in [-0.1, -0.05) is 0 Å². The Morgan fingerprint density at radius 2 is 1.93 bits per heavy atom. The first kappa shape index (κ1) is 11.8. The molecular weight excluding hydrogens is 190 g/mol. The number of aromatic nitrogens is 1. The molecule has 0 aliphatic carbocycles. The smallest absolute Gasteiger partial charge is 0.125 e. The van der Waals surface area contributed by atoms with E-state index in [0.29, 0.717) is 5.82 Å². The third kappa shape index (κ3) is 2.83. The predicted octanol–water partition coefficient (Wildman–Crippen LogP) is 1.63. The maximum absolute atomic E-state index is 9.97. The van der Waals surface area contributed by atoms with Gasteiger partial charge in [0.25, 0.3) is 0 Å². The molecule has 0 aromatic carbocycles. The van der Waals surface area contributed by atoms with Gasteiger partial charge < -0.3 is 16.2 Å². The fourth-order valence-corrected chi connectivity index (χ4v) is 1.04. The van der Waals surface area contributed by atoms with Gasteiger partial charge in [-0.05, 0) is 33.8 Å². The maximum atomic E-state index is 9.97. The first-order valence-corrected chi connectivity index (χ1v) is 4.94. The van der Waals surface area contributed by atoms with Crippen LogP contribution in [0.15, 0.2) is 18.3 Å². The number of aliphatic hydroxyl groups is 1. The third-order valence-electron chi connectivity index (χ3n) is 2.77. The lowest BCUT2D eigenvalue weighted by molar-refractivity contribution is 0.0240. The summed E-state index contributed by atoms with van der Waals surface area (Å²) < 4.78 is 0. The Morgan fingerprint density at radius 3 is 2.40 bits per heavy atom. The Bertz CT molecular complexity index is 342. The lowest BCUT2D eigenvalue weighted by atomic mass is 9.86. The van der Waals surface area contributed by atoms with Crippen LogP contribution in [0.5, 0.6) is 0 Å². The van der Waals surface area contributed by atoms with E-state index in [4.69, 9.17) is 5.73 Å². The zero-order valence-corrected chi connectivity index (χ0v) is 9.70. The van der Waals surface area contributed by atoms with Gasteiger partial charge in [-0.15, -0.1) is 0 Å². The summed E-state index contributed by atoms with van der Waals surface area (Å²) in [5.74, 6) is 0.464. The summed E-state index contributed by atoms with van der Waals surface area (Å²) in [5.41, 5.74) is 5.16. The molecule has 0 amide bonds. The molecule has 1 aromatic heterocycles. The van der Waals surface area contributed by atoms with Crippen molar-refractivity contribution in [3.05, 3.63) is 18.3 Å². The second-order valence-corrected chi connectivity index (χ2v) is 4.78. The number of rotatable bonds is 3. The Hall–Kier alpha value is -1.29. The minimum absolute atomic E-state index is 0.444. The second kappa shape index (κ2) is 3.70. The number of pyridine rings is 1. The standard InChI is InChI=1S/C11H19N3O/c1-10(2,11(3,4)15)14-8-5-6-13-9(12)7-8/h5-7,15H,1-4H3,(H3,12,13,14). The molecule has 0 fully saturated rings. The fourth-order valence-electron chi connectivity index (χ4n) is 1.04. The number of hydrogen-bond acceptors (Lipinski definition) is 4. The zero-order chi connectivity index (χ0) is 11.7. The molecule has 1 heterocycles. The van der Waals surface area contributed by atoms with Crippen LogP contribution in [0, 0.1) is 0 Å². The maximum Gasteiger partial charge on any atom is 0.125 e. The molecule has 1 aromatic rings. The minimum atomic E-state index is -0.828. The van der Waals surface area contributed by atoms with Crippen LogP contribution in [-0.4, -0.2) is 21.2 Å². The number of anilines is 2. The molecule has 84 valence electrons. The highest BCUT2D eigenvalue weighted by Crippen LogP contribution is 2.26. The largest absolute Gasteiger partial charge is 0.388 e. The van der Waals surface area contributed by atoms with Crippen LogP contribution in [0.4, 0.5) is 11.5 Å². The van der Waals surface area contributed by atoms with Crippen molar-refractivity contribution in [2.75, 3.05) is 11.1 Å². The quantitative estimate of drug-likeness (QED) is 0.707. The van der Waals surface area contributed by atoms with Crippen molar-refractivity contribution in [2.45, 2.75) is 38.8 Å². The molecule has 4 nitrogen and oxygen atoms in total. The number of nitrogens with zero attached hydrogens (tertiary/aromatic N) is 1. The number of nitrogens with one attached hydrogen (secondary N) is 1. The Morgan fingerprint density at radius 1 is 1.33 bits per heavy atom. The van der Waals surface area contributed by atoms with Crippen LogP contribution in [0.25, 0.3) is 0 Å². The van der Waals surface area contributed by atoms with E-state index in [2.05, 4.69) is 10.3 Å². The number of hydrogen-bond donors (Lipinski definition) is 3. The first-order chi connectivity index (χ1) is 6.72. The second-order valence-electron chi connectivity index (χ2n) is 4.78. The fraction of sp³-hybridized carbons (Fsp3) is 0.545. The highest BCUT2D eigenvalue weighted by molar-refractivity contribution is 5.51. The van der Waals surface area contributed by atoms with Gasteiger partial charge in [-0.25, -0.2) is 4.98 Å². The van der Waals surface area contributed by atoms with Crippen LogP contribution in [-0.2, 0) is 0 Å². The van der Waals surface area contributed by atoms with Crippen molar-refractivity contribution >= 4 is 11.5 Å². The van der Waals surface area contributed by atoms with E-state index in [1.807, 2.05) is 19.9 Å². The highest BCUT2D eigenvalue weighted by atomic mass is 16.3. The van der Waals surface area contributed by atoms with Crippen LogP contribution in [0.3, 0.4) is 0 Å². The minimum Gasteiger partial charge on any atom is -0.388 e. The summed E-state index contributed by atoms with van der Waals surface area (Å²) in [6.07, 6.45) is 1.64. The van der Waals surface area contributed by atoms with E-state index in [1.165, 1.54) is 0 Å². The summed E-state index contributed by atoms with van der Waals surface area (Å²) in [6.45, 7) is 7.41. The van der Waals surface area contributed by atoms with Crippen molar-refractivity contribution < 1.29 is 5.11 Å². The number of nitrogen functional groups attached to an aromatic ring is 1. The Kier molecular flexibility index (Phi) is 2.90. The summed E-state index contributed by atoms with van der Waals surface area (Å²) in [4.78, 5) is 3.91. The topological polar surface area (TPSA) is 71.2 Å². The lowest BCUT2D eigenvalue weighted by Gasteiger charge is -2.38. The normalized spacial score (nSPS) is 12.6. The first-order valence-electron chi connectivity index (χ1n) is 4.94. The molecule has 0 bridgehead atoms. The molecule has 15 heavy (non-hydrogen) atoms. The zero-order valence-electron chi connectivity index (χ0n) is 9.70. The Labute approximate surface area is 90.5 Å². The number of nitrogens with two attached hydrogens (primary N) is 1. The molecular formula is C11H19N3O. The molecule has 1 rings (SSSR count). The van der Waals surface area contributed by atoms with Crippen molar-refractivity contribution in [1.29, 1.82) is 0 Å². The van der Waals surface area contributed by atoms with Gasteiger partial charge in [0.15, 0.2) is 0 Å². The SMILES string of the molecule is CC(C)(O)C(C)(C)Nc1ccnc(N)c1. The molecule has 0 spiro atoms. The molecule has 0 saturated carbocycles. The van der Waals surface area contributed by atoms with Crippen LogP contribution >= 0.6 is 0 Å². The molecule has 0 radical (unpaired) electrons. The summed E-state index contributed by atoms with van der Waals surface area (Å²) in [5, 5.41) is 13.2.